The number of anilines is 1. The molecule has 0 amide bonds. The fourth-order valence-electron chi connectivity index (χ4n) is 4.32. The fraction of sp³-hybridized carbons (Fsp3) is 0.269. The highest BCUT2D eigenvalue weighted by Gasteiger charge is 2.37. The van der Waals surface area contributed by atoms with Crippen molar-refractivity contribution < 1.29 is 4.57 Å². The van der Waals surface area contributed by atoms with E-state index in [1.807, 2.05) is 17.4 Å². The van der Waals surface area contributed by atoms with Crippen LogP contribution in [0.25, 0.3) is 16.3 Å². The number of hydrogen-bond acceptors (Lipinski definition) is 2. The minimum Gasteiger partial charge on any atom is -0.347 e. The van der Waals surface area contributed by atoms with Gasteiger partial charge in [-0.05, 0) is 54.8 Å². The molecule has 0 unspecified atom stereocenters. The first-order valence-electron chi connectivity index (χ1n) is 10.1. The van der Waals surface area contributed by atoms with Crippen LogP contribution in [0.2, 0.25) is 0 Å². The summed E-state index contributed by atoms with van der Waals surface area (Å²) in [7, 11) is 2.16. The van der Waals surface area contributed by atoms with Crippen molar-refractivity contribution in [3.63, 3.8) is 0 Å². The Morgan fingerprint density at radius 1 is 1.14 bits per heavy atom. The third kappa shape index (κ3) is 3.24. The standard InChI is InChI=1S/C26H29N2S/c1-7-15-28-22-16-18(2)19(3)17-23(22)29-25(28)14-10-13-24-26(4,5)20-11-8-9-12-21(20)27(24)6/h7-14,16-17H,1,15H2,2-6H3/q+1. The average Bonchev–Trinajstić information content (AvgIpc) is 3.10. The molecular formula is C26H29N2S+. The molecule has 1 aliphatic heterocycles. The number of nitrogens with zero attached hydrogens (tertiary/aromatic N) is 2. The molecule has 4 rings (SSSR count). The van der Waals surface area contributed by atoms with Gasteiger partial charge in [0.25, 0.3) is 5.01 Å². The van der Waals surface area contributed by atoms with E-state index in [1.165, 1.54) is 43.3 Å². The van der Waals surface area contributed by atoms with Crippen LogP contribution in [0.5, 0.6) is 0 Å². The molecule has 0 aliphatic carbocycles. The maximum absolute atomic E-state index is 3.96. The number of allylic oxidation sites excluding steroid dienone is 4. The van der Waals surface area contributed by atoms with E-state index in [-0.39, 0.29) is 5.41 Å². The van der Waals surface area contributed by atoms with Gasteiger partial charge in [-0.15, -0.1) is 0 Å². The van der Waals surface area contributed by atoms with Gasteiger partial charge in [0.2, 0.25) is 5.52 Å². The number of aryl methyl sites for hydroxylation is 2. The van der Waals surface area contributed by atoms with Crippen LogP contribution < -0.4 is 9.47 Å². The SMILES string of the molecule is C=CC[n+]1c(/C=C/C=C2\N(C)c3ccccc3C2(C)C)sc2cc(C)c(C)cc21. The molecule has 3 aromatic rings. The lowest BCUT2D eigenvalue weighted by Gasteiger charge is -2.23. The van der Waals surface area contributed by atoms with E-state index >= 15 is 0 Å². The minimum atomic E-state index is 0.00115. The number of likely N-dealkylation sites (N-methyl/N-ethyl adjacent to an activating group) is 1. The third-order valence-corrected chi connectivity index (χ3v) is 7.20. The summed E-state index contributed by atoms with van der Waals surface area (Å²) in [6.07, 6.45) is 8.67. The van der Waals surface area contributed by atoms with Crippen LogP contribution in [0.4, 0.5) is 5.69 Å². The summed E-state index contributed by atoms with van der Waals surface area (Å²) in [6.45, 7) is 13.7. The van der Waals surface area contributed by atoms with E-state index in [0.29, 0.717) is 0 Å². The molecule has 29 heavy (non-hydrogen) atoms. The molecule has 3 heteroatoms. The van der Waals surface area contributed by atoms with Crippen molar-refractivity contribution in [1.29, 1.82) is 0 Å². The molecule has 0 N–H and O–H groups in total. The van der Waals surface area contributed by atoms with Gasteiger partial charge >= 0.3 is 0 Å². The number of benzene rings is 2. The molecule has 0 spiro atoms. The van der Waals surface area contributed by atoms with Crippen LogP contribution in [-0.4, -0.2) is 7.05 Å². The molecule has 2 heterocycles. The van der Waals surface area contributed by atoms with Gasteiger partial charge in [0.15, 0.2) is 6.54 Å². The Hall–Kier alpha value is -2.65. The molecular weight excluding hydrogens is 372 g/mol. The van der Waals surface area contributed by atoms with Crippen LogP contribution in [0.1, 0.15) is 35.5 Å². The van der Waals surface area contributed by atoms with Crippen LogP contribution in [0, 0.1) is 13.8 Å². The number of aromatic nitrogens is 1. The molecule has 1 aromatic heterocycles. The summed E-state index contributed by atoms with van der Waals surface area (Å²) in [4.78, 5) is 2.31. The van der Waals surface area contributed by atoms with Gasteiger partial charge in [-0.2, -0.15) is 4.57 Å². The van der Waals surface area contributed by atoms with E-state index in [2.05, 4.69) is 105 Å². The van der Waals surface area contributed by atoms with Crippen molar-refractivity contribution in [3.05, 3.63) is 88.6 Å². The number of hydrogen-bond donors (Lipinski definition) is 0. The van der Waals surface area contributed by atoms with E-state index in [1.54, 1.807) is 0 Å². The van der Waals surface area contributed by atoms with Gasteiger partial charge in [-0.25, -0.2) is 0 Å². The summed E-state index contributed by atoms with van der Waals surface area (Å²) in [5.74, 6) is 0. The van der Waals surface area contributed by atoms with E-state index < -0.39 is 0 Å². The highest BCUT2D eigenvalue weighted by Crippen LogP contribution is 2.46. The first-order valence-corrected chi connectivity index (χ1v) is 10.9. The fourth-order valence-corrected chi connectivity index (χ4v) is 5.48. The number of rotatable bonds is 4. The largest absolute Gasteiger partial charge is 0.347 e. The Bertz CT molecular complexity index is 1160. The Labute approximate surface area is 178 Å². The Morgan fingerprint density at radius 3 is 2.59 bits per heavy atom. The Morgan fingerprint density at radius 2 is 1.86 bits per heavy atom. The van der Waals surface area contributed by atoms with E-state index in [4.69, 9.17) is 0 Å². The third-order valence-electron chi connectivity index (χ3n) is 6.09. The normalized spacial score (nSPS) is 16.9. The van der Waals surface area contributed by atoms with Crippen LogP contribution in [-0.2, 0) is 12.0 Å². The molecule has 0 saturated heterocycles. The molecule has 148 valence electrons. The summed E-state index contributed by atoms with van der Waals surface area (Å²) in [5.41, 5.74) is 7.96. The van der Waals surface area contributed by atoms with Crippen molar-refractivity contribution in [1.82, 2.24) is 0 Å². The second kappa shape index (κ2) is 7.31. The summed E-state index contributed by atoms with van der Waals surface area (Å²) in [5, 5.41) is 1.25. The number of fused-ring (bicyclic) bond motifs is 2. The van der Waals surface area contributed by atoms with Gasteiger partial charge in [0.1, 0.15) is 4.70 Å². The van der Waals surface area contributed by atoms with Crippen LogP contribution >= 0.6 is 11.3 Å². The first-order chi connectivity index (χ1) is 13.8. The van der Waals surface area contributed by atoms with E-state index in [0.717, 1.165) is 6.54 Å². The first kappa shape index (κ1) is 19.7. The lowest BCUT2D eigenvalue weighted by molar-refractivity contribution is -0.658. The minimum absolute atomic E-state index is 0.00115. The average molecular weight is 402 g/mol. The highest BCUT2D eigenvalue weighted by atomic mass is 32.1. The van der Waals surface area contributed by atoms with E-state index in [9.17, 15) is 0 Å². The molecule has 2 nitrogen and oxygen atoms in total. The Balaban J connectivity index is 1.74. The van der Waals surface area contributed by atoms with Gasteiger partial charge < -0.3 is 4.90 Å². The smallest absolute Gasteiger partial charge is 0.263 e. The zero-order valence-corrected chi connectivity index (χ0v) is 18.8. The quantitative estimate of drug-likeness (QED) is 0.367. The second-order valence-electron chi connectivity index (χ2n) is 8.36. The molecule has 1 aliphatic rings. The van der Waals surface area contributed by atoms with Gasteiger partial charge in [0, 0.05) is 36.0 Å². The van der Waals surface area contributed by atoms with Crippen molar-refractivity contribution in [2.24, 2.45) is 0 Å². The van der Waals surface area contributed by atoms with Crippen LogP contribution in [0.3, 0.4) is 0 Å². The molecule has 2 aromatic carbocycles. The summed E-state index contributed by atoms with van der Waals surface area (Å²) in [6, 6.07) is 13.3. The van der Waals surface area contributed by atoms with Crippen LogP contribution in [0.15, 0.2) is 66.9 Å². The Kier molecular flexibility index (Phi) is 4.95. The van der Waals surface area contributed by atoms with Gasteiger partial charge in [0.05, 0.1) is 0 Å². The second-order valence-corrected chi connectivity index (χ2v) is 9.42. The predicted octanol–water partition coefficient (Wildman–Crippen LogP) is 6.32. The predicted molar refractivity (Wildman–Crippen MR) is 127 cm³/mol. The molecule has 0 radical (unpaired) electrons. The lowest BCUT2D eigenvalue weighted by Crippen LogP contribution is -2.34. The maximum atomic E-state index is 3.96. The maximum Gasteiger partial charge on any atom is 0.263 e. The number of thiazole rings is 1. The topological polar surface area (TPSA) is 7.12 Å². The summed E-state index contributed by atoms with van der Waals surface area (Å²) >= 11 is 1.84. The van der Waals surface area contributed by atoms with Crippen molar-refractivity contribution in [2.45, 2.75) is 39.7 Å². The van der Waals surface area contributed by atoms with Crippen molar-refractivity contribution in [3.8, 4) is 0 Å². The van der Waals surface area contributed by atoms with Crippen molar-refractivity contribution in [2.75, 3.05) is 11.9 Å². The number of para-hydroxylation sites is 1. The molecule has 0 bridgehead atoms. The zero-order valence-electron chi connectivity index (χ0n) is 18.0. The van der Waals surface area contributed by atoms with Crippen molar-refractivity contribution >= 4 is 33.3 Å². The molecule has 0 saturated carbocycles. The van der Waals surface area contributed by atoms with Gasteiger partial charge in [-0.1, -0.05) is 56.0 Å². The molecule has 0 atom stereocenters. The summed E-state index contributed by atoms with van der Waals surface area (Å²) < 4.78 is 3.68. The zero-order chi connectivity index (χ0) is 20.8. The van der Waals surface area contributed by atoms with Gasteiger partial charge in [-0.3, -0.25) is 0 Å². The highest BCUT2D eigenvalue weighted by molar-refractivity contribution is 7.18. The monoisotopic (exact) mass is 401 g/mol. The molecule has 0 fully saturated rings. The lowest BCUT2D eigenvalue weighted by atomic mass is 9.84.